The average Bonchev–Trinajstić information content (AvgIpc) is 2.95. The number of amides is 4. The van der Waals surface area contributed by atoms with Crippen LogP contribution in [0.15, 0.2) is 54.6 Å². The molecule has 2 heterocycles. The van der Waals surface area contributed by atoms with Crippen LogP contribution in [0.25, 0.3) is 21.5 Å². The highest BCUT2D eigenvalue weighted by Crippen LogP contribution is 2.34. The molecule has 218 valence electrons. The van der Waals surface area contributed by atoms with Crippen molar-refractivity contribution < 1.29 is 27.6 Å². The van der Waals surface area contributed by atoms with Gasteiger partial charge in [-0.25, -0.2) is 4.79 Å². The summed E-state index contributed by atoms with van der Waals surface area (Å²) < 4.78 is 37.8. The molecule has 0 saturated carbocycles. The van der Waals surface area contributed by atoms with E-state index in [0.717, 1.165) is 27.1 Å². The Morgan fingerprint density at radius 2 is 1.68 bits per heavy atom. The number of piperazine rings is 1. The summed E-state index contributed by atoms with van der Waals surface area (Å²) in [5.41, 5.74) is 0.994. The van der Waals surface area contributed by atoms with Crippen LogP contribution in [-0.4, -0.2) is 70.6 Å². The predicted octanol–water partition coefficient (Wildman–Crippen LogP) is 5.66. The van der Waals surface area contributed by atoms with E-state index < -0.39 is 30.8 Å². The van der Waals surface area contributed by atoms with Crippen molar-refractivity contribution in [3.8, 4) is 0 Å². The molecule has 3 aromatic carbocycles. The molecule has 2 aliphatic heterocycles. The molecule has 0 bridgehead atoms. The highest BCUT2D eigenvalue weighted by atomic mass is 19.4. The van der Waals surface area contributed by atoms with E-state index in [1.807, 2.05) is 62.4 Å². The molecule has 4 amide bonds. The zero-order chi connectivity index (χ0) is 29.3. The molecule has 10 heteroatoms. The van der Waals surface area contributed by atoms with Gasteiger partial charge in [-0.3, -0.25) is 9.59 Å². The lowest BCUT2D eigenvalue weighted by Crippen LogP contribution is -2.72. The van der Waals surface area contributed by atoms with Gasteiger partial charge in [0.15, 0.2) is 0 Å². The number of fused-ring (bicyclic) bond motifs is 3. The third-order valence-electron chi connectivity index (χ3n) is 8.37. The van der Waals surface area contributed by atoms with Crippen molar-refractivity contribution in [2.24, 2.45) is 5.92 Å². The molecule has 0 radical (unpaired) electrons. The Kier molecular flexibility index (Phi) is 8.11. The van der Waals surface area contributed by atoms with Gasteiger partial charge in [0.2, 0.25) is 11.8 Å². The predicted molar refractivity (Wildman–Crippen MR) is 151 cm³/mol. The molecule has 3 aromatic rings. The number of hydrogen-bond acceptors (Lipinski definition) is 3. The molecule has 0 spiro atoms. The summed E-state index contributed by atoms with van der Waals surface area (Å²) in [7, 11) is 0. The number of benzene rings is 3. The summed E-state index contributed by atoms with van der Waals surface area (Å²) in [6.45, 7) is 4.31. The van der Waals surface area contributed by atoms with Gasteiger partial charge in [0.05, 0.1) is 6.54 Å². The van der Waals surface area contributed by atoms with Crippen molar-refractivity contribution in [3.63, 3.8) is 0 Å². The molecule has 5 rings (SSSR count). The van der Waals surface area contributed by atoms with Crippen molar-refractivity contribution in [2.75, 3.05) is 19.6 Å². The first-order valence-corrected chi connectivity index (χ1v) is 14.2. The number of carbonyl (C=O) groups excluding carboxylic acids is 3. The van der Waals surface area contributed by atoms with Crippen LogP contribution in [0.5, 0.6) is 0 Å². The number of rotatable bonds is 7. The molecule has 1 N–H and O–H groups in total. The van der Waals surface area contributed by atoms with Gasteiger partial charge in [0.1, 0.15) is 12.2 Å². The van der Waals surface area contributed by atoms with E-state index in [0.29, 0.717) is 13.0 Å². The normalized spacial score (nSPS) is 20.5. The monoisotopic (exact) mass is 568 g/mol. The number of hydrogen-bond donors (Lipinski definition) is 1. The summed E-state index contributed by atoms with van der Waals surface area (Å²) >= 11 is 0. The Labute approximate surface area is 237 Å². The van der Waals surface area contributed by atoms with Gasteiger partial charge in [-0.1, -0.05) is 68.8 Å². The van der Waals surface area contributed by atoms with E-state index in [4.69, 9.17) is 0 Å². The Balaban J connectivity index is 1.48. The first-order valence-electron chi connectivity index (χ1n) is 14.2. The van der Waals surface area contributed by atoms with Gasteiger partial charge in [-0.15, -0.1) is 0 Å². The fourth-order valence-electron chi connectivity index (χ4n) is 6.11. The van der Waals surface area contributed by atoms with Crippen LogP contribution in [0.4, 0.5) is 18.0 Å². The lowest BCUT2D eigenvalue weighted by Gasteiger charge is -2.53. The molecule has 3 atom stereocenters. The standard InChI is InChI=1S/C31H35F3N4O3/c1-3-20(2)28-29(40)36(18-25-23-11-6-4-9-21(23)17-22-10-5-7-12-24(22)25)19-26-37(16-13-27(39)38(26)28)30(41)35-15-8-14-31(32,33)34/h4-7,9-12,17,20,26,28H,3,8,13-16,18-19H2,1-2H3,(H,35,41)/t20-,26+,28-/m0/s1. The van der Waals surface area contributed by atoms with E-state index in [1.165, 1.54) is 4.90 Å². The molecule has 2 saturated heterocycles. The molecular formula is C31H35F3N4O3. The highest BCUT2D eigenvalue weighted by molar-refractivity contribution is 6.02. The van der Waals surface area contributed by atoms with E-state index in [2.05, 4.69) is 11.4 Å². The van der Waals surface area contributed by atoms with Crippen LogP contribution in [0, 0.1) is 5.92 Å². The lowest BCUT2D eigenvalue weighted by atomic mass is 9.90. The topological polar surface area (TPSA) is 73.0 Å². The lowest BCUT2D eigenvalue weighted by molar-refractivity contribution is -0.170. The minimum atomic E-state index is -4.29. The largest absolute Gasteiger partial charge is 0.389 e. The number of urea groups is 1. The number of carbonyl (C=O) groups is 3. The molecule has 2 aliphatic rings. The second-order valence-corrected chi connectivity index (χ2v) is 11.0. The van der Waals surface area contributed by atoms with Gasteiger partial charge < -0.3 is 20.0 Å². The summed E-state index contributed by atoms with van der Waals surface area (Å²) in [4.78, 5) is 45.3. The van der Waals surface area contributed by atoms with E-state index in [-0.39, 0.29) is 50.2 Å². The Hall–Kier alpha value is -3.82. The molecule has 2 fully saturated rings. The fourth-order valence-corrected chi connectivity index (χ4v) is 6.11. The van der Waals surface area contributed by atoms with Gasteiger partial charge in [-0.2, -0.15) is 13.2 Å². The maximum atomic E-state index is 14.1. The smallest absolute Gasteiger partial charge is 0.338 e. The summed E-state index contributed by atoms with van der Waals surface area (Å²) in [6, 6.07) is 16.9. The SMILES string of the molecule is CC[C@H](C)[C@H]1C(=O)N(Cc2c3ccccc3cc3ccccc23)C[C@@H]2N(C(=O)NCCCC(F)(F)F)CCC(=O)N12. The Bertz CT molecular complexity index is 1410. The minimum Gasteiger partial charge on any atom is -0.338 e. The maximum absolute atomic E-state index is 14.1. The molecule has 0 unspecified atom stereocenters. The quantitative estimate of drug-likeness (QED) is 0.295. The van der Waals surface area contributed by atoms with Gasteiger partial charge in [0, 0.05) is 32.5 Å². The molecular weight excluding hydrogens is 533 g/mol. The third-order valence-corrected chi connectivity index (χ3v) is 8.37. The van der Waals surface area contributed by atoms with Crippen molar-refractivity contribution in [2.45, 2.75) is 64.5 Å². The van der Waals surface area contributed by atoms with Crippen LogP contribution in [-0.2, 0) is 16.1 Å². The van der Waals surface area contributed by atoms with Gasteiger partial charge >= 0.3 is 12.2 Å². The zero-order valence-corrected chi connectivity index (χ0v) is 23.3. The van der Waals surface area contributed by atoms with Gasteiger partial charge in [-0.05, 0) is 45.5 Å². The van der Waals surface area contributed by atoms with Crippen molar-refractivity contribution in [3.05, 3.63) is 60.2 Å². The average molecular weight is 569 g/mol. The Morgan fingerprint density at radius 3 is 2.29 bits per heavy atom. The van der Waals surface area contributed by atoms with Crippen LogP contribution in [0.3, 0.4) is 0 Å². The van der Waals surface area contributed by atoms with Crippen molar-refractivity contribution >= 4 is 39.4 Å². The fraction of sp³-hybridized carbons (Fsp3) is 0.452. The first kappa shape index (κ1) is 28.7. The van der Waals surface area contributed by atoms with Gasteiger partial charge in [0.25, 0.3) is 0 Å². The number of nitrogens with one attached hydrogen (secondary N) is 1. The van der Waals surface area contributed by atoms with Crippen LogP contribution in [0.2, 0.25) is 0 Å². The second kappa shape index (κ2) is 11.6. The second-order valence-electron chi connectivity index (χ2n) is 11.0. The van der Waals surface area contributed by atoms with Crippen molar-refractivity contribution in [1.29, 1.82) is 0 Å². The van der Waals surface area contributed by atoms with Crippen LogP contribution in [0.1, 0.15) is 45.1 Å². The number of halogens is 3. The van der Waals surface area contributed by atoms with Crippen LogP contribution >= 0.6 is 0 Å². The number of nitrogens with zero attached hydrogens (tertiary/aromatic N) is 3. The molecule has 0 aliphatic carbocycles. The third kappa shape index (κ3) is 5.83. The summed E-state index contributed by atoms with van der Waals surface area (Å²) in [6.07, 6.45) is -5.51. The van der Waals surface area contributed by atoms with Crippen LogP contribution < -0.4 is 5.32 Å². The molecule has 41 heavy (non-hydrogen) atoms. The highest BCUT2D eigenvalue weighted by Gasteiger charge is 2.50. The minimum absolute atomic E-state index is 0.0562. The molecule has 7 nitrogen and oxygen atoms in total. The molecule has 0 aromatic heterocycles. The summed E-state index contributed by atoms with van der Waals surface area (Å²) in [5.74, 6) is -0.505. The van der Waals surface area contributed by atoms with Crippen molar-refractivity contribution in [1.82, 2.24) is 20.0 Å². The Morgan fingerprint density at radius 1 is 1.05 bits per heavy atom. The summed E-state index contributed by atoms with van der Waals surface area (Å²) in [5, 5.41) is 6.77. The van der Waals surface area contributed by atoms with E-state index in [9.17, 15) is 27.6 Å². The van der Waals surface area contributed by atoms with E-state index >= 15 is 0 Å². The maximum Gasteiger partial charge on any atom is 0.389 e. The first-order chi connectivity index (χ1) is 19.6. The number of alkyl halides is 3. The van der Waals surface area contributed by atoms with E-state index in [1.54, 1.807) is 9.80 Å². The zero-order valence-electron chi connectivity index (χ0n) is 23.3.